The number of hydrogen-bond acceptors (Lipinski definition) is 1. The molecule has 3 rings (SSSR count). The van der Waals surface area contributed by atoms with E-state index in [2.05, 4.69) is 45.1 Å². The van der Waals surface area contributed by atoms with Gasteiger partial charge in [-0.25, -0.2) is 0 Å². The second-order valence-corrected chi connectivity index (χ2v) is 6.10. The van der Waals surface area contributed by atoms with Gasteiger partial charge >= 0.3 is 0 Å². The highest BCUT2D eigenvalue weighted by Crippen LogP contribution is 2.49. The molecule has 18 heavy (non-hydrogen) atoms. The standard InChI is InChI=1S/C15H18BrNO/c16-8-9-17(12-6-7-12)15(18)14-10-13(14)11-4-2-1-3-5-11/h1-5,12-14H,6-10H2. The molecule has 2 atom stereocenters. The molecule has 0 saturated heterocycles. The molecule has 0 spiro atoms. The third kappa shape index (κ3) is 2.46. The van der Waals surface area contributed by atoms with Crippen LogP contribution in [-0.4, -0.2) is 28.7 Å². The van der Waals surface area contributed by atoms with E-state index in [-0.39, 0.29) is 5.92 Å². The fourth-order valence-electron chi connectivity index (χ4n) is 2.70. The van der Waals surface area contributed by atoms with Crippen LogP contribution in [0.1, 0.15) is 30.7 Å². The Hall–Kier alpha value is -0.830. The molecule has 0 aliphatic heterocycles. The van der Waals surface area contributed by atoms with Crippen LogP contribution < -0.4 is 0 Å². The molecule has 1 aromatic carbocycles. The smallest absolute Gasteiger partial charge is 0.226 e. The molecular formula is C15H18BrNO. The van der Waals surface area contributed by atoms with Crippen molar-refractivity contribution in [2.24, 2.45) is 5.92 Å². The first kappa shape index (κ1) is 12.2. The minimum Gasteiger partial charge on any atom is -0.339 e. The maximum Gasteiger partial charge on any atom is 0.226 e. The molecule has 0 heterocycles. The van der Waals surface area contributed by atoms with Crippen molar-refractivity contribution in [1.82, 2.24) is 4.90 Å². The van der Waals surface area contributed by atoms with Crippen molar-refractivity contribution in [1.29, 1.82) is 0 Å². The van der Waals surface area contributed by atoms with Crippen molar-refractivity contribution in [3.63, 3.8) is 0 Å². The van der Waals surface area contributed by atoms with Crippen molar-refractivity contribution in [2.75, 3.05) is 11.9 Å². The highest BCUT2D eigenvalue weighted by molar-refractivity contribution is 9.09. The number of nitrogens with zero attached hydrogens (tertiary/aromatic N) is 1. The molecule has 2 aliphatic rings. The van der Waals surface area contributed by atoms with Gasteiger partial charge < -0.3 is 4.90 Å². The van der Waals surface area contributed by atoms with Gasteiger partial charge in [0.05, 0.1) is 0 Å². The van der Waals surface area contributed by atoms with Crippen LogP contribution in [0.25, 0.3) is 0 Å². The SMILES string of the molecule is O=C(C1CC1c1ccccc1)N(CCBr)C1CC1. The summed E-state index contributed by atoms with van der Waals surface area (Å²) in [5.41, 5.74) is 1.32. The summed E-state index contributed by atoms with van der Waals surface area (Å²) in [6, 6.07) is 11.0. The van der Waals surface area contributed by atoms with Crippen LogP contribution in [0.5, 0.6) is 0 Å². The summed E-state index contributed by atoms with van der Waals surface area (Å²) in [5, 5.41) is 0.887. The van der Waals surface area contributed by atoms with Crippen LogP contribution in [0.15, 0.2) is 30.3 Å². The van der Waals surface area contributed by atoms with Gasteiger partial charge in [0, 0.05) is 23.8 Å². The Labute approximate surface area is 116 Å². The van der Waals surface area contributed by atoms with Gasteiger partial charge in [0.2, 0.25) is 5.91 Å². The van der Waals surface area contributed by atoms with Crippen LogP contribution in [-0.2, 0) is 4.79 Å². The number of halogens is 1. The van der Waals surface area contributed by atoms with Gasteiger partial charge in [0.15, 0.2) is 0 Å². The Balaban J connectivity index is 1.64. The van der Waals surface area contributed by atoms with Crippen molar-refractivity contribution >= 4 is 21.8 Å². The molecule has 2 nitrogen and oxygen atoms in total. The monoisotopic (exact) mass is 307 g/mol. The van der Waals surface area contributed by atoms with Gasteiger partial charge in [-0.2, -0.15) is 0 Å². The van der Waals surface area contributed by atoms with Crippen molar-refractivity contribution in [2.45, 2.75) is 31.2 Å². The van der Waals surface area contributed by atoms with E-state index in [0.717, 1.165) is 18.3 Å². The Morgan fingerprint density at radius 2 is 2.00 bits per heavy atom. The first-order chi connectivity index (χ1) is 8.81. The lowest BCUT2D eigenvalue weighted by Gasteiger charge is -2.21. The van der Waals surface area contributed by atoms with Crippen LogP contribution in [0.3, 0.4) is 0 Å². The summed E-state index contributed by atoms with van der Waals surface area (Å²) in [7, 11) is 0. The second-order valence-electron chi connectivity index (χ2n) is 5.31. The number of amides is 1. The summed E-state index contributed by atoms with van der Waals surface area (Å²) in [4.78, 5) is 14.6. The number of benzene rings is 1. The third-order valence-corrected chi connectivity index (χ3v) is 4.29. The molecule has 1 amide bonds. The zero-order chi connectivity index (χ0) is 12.5. The molecule has 0 N–H and O–H groups in total. The highest BCUT2D eigenvalue weighted by Gasteiger charge is 2.47. The normalized spacial score (nSPS) is 25.8. The summed E-state index contributed by atoms with van der Waals surface area (Å²) in [5.74, 6) is 1.09. The first-order valence-corrected chi connectivity index (χ1v) is 7.85. The molecular weight excluding hydrogens is 290 g/mol. The van der Waals surface area contributed by atoms with Crippen molar-refractivity contribution in [3.05, 3.63) is 35.9 Å². The minimum atomic E-state index is 0.243. The summed E-state index contributed by atoms with van der Waals surface area (Å²) in [6.45, 7) is 0.863. The fourth-order valence-corrected chi connectivity index (χ4v) is 3.08. The van der Waals surface area contributed by atoms with Gasteiger partial charge in [0.25, 0.3) is 0 Å². The van der Waals surface area contributed by atoms with E-state index in [1.54, 1.807) is 0 Å². The van der Waals surface area contributed by atoms with Gasteiger partial charge in [-0.05, 0) is 30.7 Å². The molecule has 2 fully saturated rings. The summed E-state index contributed by atoms with van der Waals surface area (Å²) < 4.78 is 0. The maximum atomic E-state index is 12.5. The second kappa shape index (κ2) is 5.04. The highest BCUT2D eigenvalue weighted by atomic mass is 79.9. The van der Waals surface area contributed by atoms with Gasteiger partial charge in [-0.1, -0.05) is 46.3 Å². The average molecular weight is 308 g/mol. The number of carbonyl (C=O) groups is 1. The minimum absolute atomic E-state index is 0.243. The summed E-state index contributed by atoms with van der Waals surface area (Å²) in [6.07, 6.45) is 3.43. The average Bonchev–Trinajstić information content (AvgIpc) is 3.29. The number of rotatable bonds is 5. The molecule has 0 bridgehead atoms. The molecule has 2 unspecified atom stereocenters. The number of hydrogen-bond donors (Lipinski definition) is 0. The van der Waals surface area contributed by atoms with Gasteiger partial charge in [0.1, 0.15) is 0 Å². The lowest BCUT2D eigenvalue weighted by molar-refractivity contribution is -0.133. The predicted octanol–water partition coefficient (Wildman–Crippen LogP) is 3.18. The Morgan fingerprint density at radius 1 is 1.28 bits per heavy atom. The van der Waals surface area contributed by atoms with Gasteiger partial charge in [-0.15, -0.1) is 0 Å². The maximum absolute atomic E-state index is 12.5. The van der Waals surface area contributed by atoms with Crippen LogP contribution >= 0.6 is 15.9 Å². The molecule has 2 saturated carbocycles. The van der Waals surface area contributed by atoms with E-state index in [0.29, 0.717) is 17.9 Å². The number of carbonyl (C=O) groups excluding carboxylic acids is 1. The molecule has 96 valence electrons. The van der Waals surface area contributed by atoms with E-state index in [1.165, 1.54) is 18.4 Å². The lowest BCUT2D eigenvalue weighted by Crippen LogP contribution is -2.36. The van der Waals surface area contributed by atoms with Crippen LogP contribution in [0, 0.1) is 5.92 Å². The molecule has 0 radical (unpaired) electrons. The van der Waals surface area contributed by atoms with Crippen LogP contribution in [0.4, 0.5) is 0 Å². The van der Waals surface area contributed by atoms with E-state index in [9.17, 15) is 4.79 Å². The first-order valence-electron chi connectivity index (χ1n) is 6.72. The van der Waals surface area contributed by atoms with Crippen LogP contribution in [0.2, 0.25) is 0 Å². The van der Waals surface area contributed by atoms with E-state index < -0.39 is 0 Å². The topological polar surface area (TPSA) is 20.3 Å². The zero-order valence-electron chi connectivity index (χ0n) is 10.4. The Morgan fingerprint density at radius 3 is 2.61 bits per heavy atom. The largest absolute Gasteiger partial charge is 0.339 e. The molecule has 1 aromatic rings. The van der Waals surface area contributed by atoms with Crippen molar-refractivity contribution < 1.29 is 4.79 Å². The quantitative estimate of drug-likeness (QED) is 0.765. The third-order valence-electron chi connectivity index (χ3n) is 3.93. The number of alkyl halides is 1. The Kier molecular flexibility index (Phi) is 3.42. The molecule has 2 aliphatic carbocycles. The molecule has 0 aromatic heterocycles. The fraction of sp³-hybridized carbons (Fsp3) is 0.533. The van der Waals surface area contributed by atoms with Gasteiger partial charge in [-0.3, -0.25) is 4.79 Å². The summed E-state index contributed by atoms with van der Waals surface area (Å²) >= 11 is 3.45. The predicted molar refractivity (Wildman–Crippen MR) is 75.8 cm³/mol. The zero-order valence-corrected chi connectivity index (χ0v) is 12.0. The van der Waals surface area contributed by atoms with E-state index in [4.69, 9.17) is 0 Å². The Bertz CT molecular complexity index is 429. The van der Waals surface area contributed by atoms with E-state index in [1.807, 2.05) is 6.07 Å². The molecule has 3 heteroatoms. The lowest BCUT2D eigenvalue weighted by atomic mass is 10.1. The van der Waals surface area contributed by atoms with E-state index >= 15 is 0 Å². The van der Waals surface area contributed by atoms with Crippen molar-refractivity contribution in [3.8, 4) is 0 Å².